The lowest BCUT2D eigenvalue weighted by Crippen LogP contribution is -2.44. The van der Waals surface area contributed by atoms with Gasteiger partial charge in [0, 0.05) is 5.56 Å². The minimum absolute atomic E-state index is 0.233. The van der Waals surface area contributed by atoms with Crippen LogP contribution in [0.2, 0.25) is 0 Å². The normalized spacial score (nSPS) is 22.7. The molecule has 1 aromatic carbocycles. The van der Waals surface area contributed by atoms with Gasteiger partial charge in [-0.1, -0.05) is 18.6 Å². The lowest BCUT2D eigenvalue weighted by atomic mass is 9.91. The van der Waals surface area contributed by atoms with E-state index in [9.17, 15) is 0 Å². The van der Waals surface area contributed by atoms with E-state index < -0.39 is 0 Å². The van der Waals surface area contributed by atoms with E-state index in [4.69, 9.17) is 15.0 Å². The number of ether oxygens (including phenoxy) is 2. The van der Waals surface area contributed by atoms with Crippen molar-refractivity contribution in [3.05, 3.63) is 23.8 Å². The van der Waals surface area contributed by atoms with Crippen LogP contribution in [-0.2, 0) is 0 Å². The highest BCUT2D eigenvalue weighted by Crippen LogP contribution is 2.51. The zero-order chi connectivity index (χ0) is 17.0. The fourth-order valence-electron chi connectivity index (χ4n) is 3.95. The first-order chi connectivity index (χ1) is 11.6. The Morgan fingerprint density at radius 2 is 2.04 bits per heavy atom. The molecule has 2 aliphatic rings. The molecule has 0 amide bonds. The highest BCUT2D eigenvalue weighted by Gasteiger charge is 2.45. The van der Waals surface area contributed by atoms with E-state index in [1.807, 2.05) is 6.07 Å². The number of nitrogens with one attached hydrogen (secondary N) is 1. The highest BCUT2D eigenvalue weighted by molar-refractivity contribution is 5.52. The molecule has 3 rings (SSSR count). The van der Waals surface area contributed by atoms with Crippen LogP contribution in [0, 0.1) is 5.53 Å². The van der Waals surface area contributed by atoms with Gasteiger partial charge in [-0.15, -0.1) is 0 Å². The molecule has 132 valence electrons. The predicted octanol–water partition coefficient (Wildman–Crippen LogP) is 4.57. The summed E-state index contributed by atoms with van der Waals surface area (Å²) in [5.74, 6) is 1.77. The molecule has 2 aliphatic heterocycles. The van der Waals surface area contributed by atoms with Crippen LogP contribution in [0.4, 0.5) is 0 Å². The van der Waals surface area contributed by atoms with Gasteiger partial charge in [0.25, 0.3) is 0 Å². The fourth-order valence-corrected chi connectivity index (χ4v) is 3.95. The van der Waals surface area contributed by atoms with Crippen LogP contribution >= 0.6 is 0 Å². The van der Waals surface area contributed by atoms with E-state index in [0.29, 0.717) is 19.2 Å². The quantitative estimate of drug-likeness (QED) is 0.588. The molecule has 24 heavy (non-hydrogen) atoms. The summed E-state index contributed by atoms with van der Waals surface area (Å²) >= 11 is 0. The fraction of sp³-hybridized carbons (Fsp3) is 0.684. The van der Waals surface area contributed by atoms with Crippen molar-refractivity contribution < 1.29 is 9.47 Å². The highest BCUT2D eigenvalue weighted by atomic mass is 16.5. The van der Waals surface area contributed by atoms with Crippen molar-refractivity contribution in [1.82, 2.24) is 4.90 Å². The number of benzene rings is 1. The first-order valence-corrected chi connectivity index (χ1v) is 9.15. The predicted molar refractivity (Wildman–Crippen MR) is 94.1 cm³/mol. The number of hydrogen-bond donors (Lipinski definition) is 1. The smallest absolute Gasteiger partial charge is 0.167 e. The second kappa shape index (κ2) is 7.51. The largest absolute Gasteiger partial charge is 0.490 e. The standard InChI is InChI=1S/C19H29N3O2/c1-19(2)18(22-12-5-3-6-13-22)15-9-8-10-16(17(15)24-19)23-14-7-4-11-21-20/h8-10,18,20H,3-7,11-14H2,1-2H3. The molecule has 1 aromatic rings. The molecular formula is C19H29N3O2. The van der Waals surface area contributed by atoms with Gasteiger partial charge in [0.2, 0.25) is 0 Å². The molecule has 0 aromatic heterocycles. The van der Waals surface area contributed by atoms with Gasteiger partial charge in [-0.05, 0) is 58.7 Å². The van der Waals surface area contributed by atoms with Crippen molar-refractivity contribution in [3.63, 3.8) is 0 Å². The maximum atomic E-state index is 6.83. The van der Waals surface area contributed by atoms with E-state index in [1.54, 1.807) is 0 Å². The molecular weight excluding hydrogens is 302 g/mol. The third-order valence-electron chi connectivity index (χ3n) is 5.01. The monoisotopic (exact) mass is 331 g/mol. The molecule has 0 radical (unpaired) electrons. The number of likely N-dealkylation sites (tertiary alicyclic amines) is 1. The SMILES string of the molecule is CC1(C)Oc2c(OCCCCN=N)cccc2C1N1CCCCC1. The van der Waals surface area contributed by atoms with Crippen molar-refractivity contribution >= 4 is 0 Å². The van der Waals surface area contributed by atoms with Gasteiger partial charge in [0.1, 0.15) is 5.60 Å². The topological polar surface area (TPSA) is 57.9 Å². The van der Waals surface area contributed by atoms with Crippen LogP contribution in [0.5, 0.6) is 11.5 Å². The summed E-state index contributed by atoms with van der Waals surface area (Å²) in [6.07, 6.45) is 5.69. The zero-order valence-corrected chi connectivity index (χ0v) is 14.9. The summed E-state index contributed by atoms with van der Waals surface area (Å²) < 4.78 is 12.3. The summed E-state index contributed by atoms with van der Waals surface area (Å²) in [5, 5.41) is 3.38. The second-order valence-electron chi connectivity index (χ2n) is 7.32. The van der Waals surface area contributed by atoms with Gasteiger partial charge in [-0.25, -0.2) is 5.53 Å². The molecule has 0 aliphatic carbocycles. The van der Waals surface area contributed by atoms with Crippen LogP contribution < -0.4 is 9.47 Å². The van der Waals surface area contributed by atoms with Crippen LogP contribution in [0.15, 0.2) is 23.3 Å². The first kappa shape index (κ1) is 17.2. The maximum absolute atomic E-state index is 6.83. The molecule has 5 nitrogen and oxygen atoms in total. The van der Waals surface area contributed by atoms with Crippen LogP contribution in [0.1, 0.15) is 57.6 Å². The molecule has 0 saturated carbocycles. The summed E-state index contributed by atoms with van der Waals surface area (Å²) in [7, 11) is 0. The van der Waals surface area contributed by atoms with Crippen LogP contribution in [0.3, 0.4) is 0 Å². The first-order valence-electron chi connectivity index (χ1n) is 9.15. The summed E-state index contributed by atoms with van der Waals surface area (Å²) in [6.45, 7) is 7.90. The molecule has 0 spiro atoms. The Hall–Kier alpha value is -1.62. The second-order valence-corrected chi connectivity index (χ2v) is 7.32. The molecule has 2 heterocycles. The number of fused-ring (bicyclic) bond motifs is 1. The molecule has 1 atom stereocenters. The Morgan fingerprint density at radius 1 is 1.25 bits per heavy atom. The Balaban J connectivity index is 1.75. The van der Waals surface area contributed by atoms with Gasteiger partial charge in [-0.2, -0.15) is 5.11 Å². The Bertz CT molecular complexity index is 568. The van der Waals surface area contributed by atoms with E-state index in [2.05, 4.69) is 36.0 Å². The van der Waals surface area contributed by atoms with Gasteiger partial charge in [0.15, 0.2) is 11.5 Å². The Kier molecular flexibility index (Phi) is 5.39. The van der Waals surface area contributed by atoms with Crippen molar-refractivity contribution in [2.45, 2.75) is 57.6 Å². The number of unbranched alkanes of at least 4 members (excludes halogenated alkanes) is 1. The van der Waals surface area contributed by atoms with Gasteiger partial charge in [-0.3, -0.25) is 4.90 Å². The molecule has 5 heteroatoms. The van der Waals surface area contributed by atoms with Crippen molar-refractivity contribution in [2.24, 2.45) is 5.11 Å². The third-order valence-corrected chi connectivity index (χ3v) is 5.01. The zero-order valence-electron chi connectivity index (χ0n) is 14.9. The Labute approximate surface area is 144 Å². The van der Waals surface area contributed by atoms with Gasteiger partial charge in [0.05, 0.1) is 19.2 Å². The van der Waals surface area contributed by atoms with Crippen molar-refractivity contribution in [1.29, 1.82) is 5.53 Å². The minimum atomic E-state index is -0.233. The lowest BCUT2D eigenvalue weighted by Gasteiger charge is -2.38. The minimum Gasteiger partial charge on any atom is -0.490 e. The molecule has 1 saturated heterocycles. The summed E-state index contributed by atoms with van der Waals surface area (Å²) in [6, 6.07) is 6.57. The van der Waals surface area contributed by atoms with Crippen molar-refractivity contribution in [2.75, 3.05) is 26.2 Å². The summed E-state index contributed by atoms with van der Waals surface area (Å²) in [5.41, 5.74) is 7.86. The van der Waals surface area contributed by atoms with Crippen LogP contribution in [0.25, 0.3) is 0 Å². The number of para-hydroxylation sites is 1. The average molecular weight is 331 g/mol. The third kappa shape index (κ3) is 3.56. The molecule has 1 fully saturated rings. The number of rotatable bonds is 7. The Morgan fingerprint density at radius 3 is 2.79 bits per heavy atom. The van der Waals surface area contributed by atoms with E-state index in [-0.39, 0.29) is 5.60 Å². The maximum Gasteiger partial charge on any atom is 0.167 e. The lowest BCUT2D eigenvalue weighted by molar-refractivity contribution is 0.0185. The van der Waals surface area contributed by atoms with Crippen LogP contribution in [-0.4, -0.2) is 36.7 Å². The molecule has 0 bridgehead atoms. The van der Waals surface area contributed by atoms with E-state index in [0.717, 1.165) is 37.4 Å². The number of nitrogens with zero attached hydrogens (tertiary/aromatic N) is 2. The number of piperidine rings is 1. The van der Waals surface area contributed by atoms with Gasteiger partial charge < -0.3 is 9.47 Å². The number of hydrogen-bond acceptors (Lipinski definition) is 5. The van der Waals surface area contributed by atoms with Gasteiger partial charge >= 0.3 is 0 Å². The molecule has 1 N–H and O–H groups in total. The van der Waals surface area contributed by atoms with Crippen molar-refractivity contribution in [3.8, 4) is 11.5 Å². The summed E-state index contributed by atoms with van der Waals surface area (Å²) in [4.78, 5) is 2.58. The van der Waals surface area contributed by atoms with E-state index in [1.165, 1.54) is 24.8 Å². The average Bonchev–Trinajstić information content (AvgIpc) is 2.86. The van der Waals surface area contributed by atoms with E-state index >= 15 is 0 Å². The molecule has 1 unspecified atom stereocenters.